The molecule has 2 aliphatic rings. The molecule has 5 heteroatoms. The zero-order valence-electron chi connectivity index (χ0n) is 12.2. The van der Waals surface area contributed by atoms with E-state index in [9.17, 15) is 9.90 Å². The van der Waals surface area contributed by atoms with Crippen LogP contribution in [0.3, 0.4) is 0 Å². The summed E-state index contributed by atoms with van der Waals surface area (Å²) in [5.41, 5.74) is 12.8. The third-order valence-electron chi connectivity index (χ3n) is 5.08. The first kappa shape index (κ1) is 14.2. The van der Waals surface area contributed by atoms with Crippen molar-refractivity contribution in [3.05, 3.63) is 23.8 Å². The van der Waals surface area contributed by atoms with E-state index in [2.05, 4.69) is 4.90 Å². The van der Waals surface area contributed by atoms with Gasteiger partial charge in [-0.3, -0.25) is 4.79 Å². The maximum atomic E-state index is 11.7. The number of carbonyl (C=O) groups is 1. The number of benzene rings is 1. The zero-order valence-corrected chi connectivity index (χ0v) is 12.2. The van der Waals surface area contributed by atoms with Gasteiger partial charge in [0.2, 0.25) is 0 Å². The van der Waals surface area contributed by atoms with Crippen LogP contribution in [0.15, 0.2) is 18.2 Å². The predicted octanol–water partition coefficient (Wildman–Crippen LogP) is 1.50. The minimum absolute atomic E-state index is 0.250. The van der Waals surface area contributed by atoms with Gasteiger partial charge in [0.1, 0.15) is 0 Å². The SMILES string of the molecule is NC(=O)c1cccc(N)c1N1CCC2(O)CCCCC2C1. The lowest BCUT2D eigenvalue weighted by Gasteiger charge is -2.48. The molecule has 0 aromatic heterocycles. The molecule has 1 aliphatic carbocycles. The Morgan fingerprint density at radius 3 is 2.90 bits per heavy atom. The van der Waals surface area contributed by atoms with Crippen LogP contribution in [0.25, 0.3) is 0 Å². The van der Waals surface area contributed by atoms with Gasteiger partial charge in [-0.2, -0.15) is 0 Å². The molecular weight excluding hydrogens is 266 g/mol. The molecule has 21 heavy (non-hydrogen) atoms. The molecule has 2 atom stereocenters. The van der Waals surface area contributed by atoms with Crippen LogP contribution in [0.4, 0.5) is 11.4 Å². The van der Waals surface area contributed by atoms with Gasteiger partial charge < -0.3 is 21.5 Å². The first-order chi connectivity index (χ1) is 10.0. The van der Waals surface area contributed by atoms with Crippen molar-refractivity contribution in [1.82, 2.24) is 0 Å². The van der Waals surface area contributed by atoms with Crippen LogP contribution in [0, 0.1) is 5.92 Å². The second-order valence-corrected chi connectivity index (χ2v) is 6.35. The van der Waals surface area contributed by atoms with Gasteiger partial charge in [-0.25, -0.2) is 0 Å². The van der Waals surface area contributed by atoms with Crippen LogP contribution in [-0.4, -0.2) is 29.7 Å². The number of hydrogen-bond acceptors (Lipinski definition) is 4. The summed E-state index contributed by atoms with van der Waals surface area (Å²) in [5, 5.41) is 10.8. The van der Waals surface area contributed by atoms with Crippen molar-refractivity contribution < 1.29 is 9.90 Å². The second-order valence-electron chi connectivity index (χ2n) is 6.35. The summed E-state index contributed by atoms with van der Waals surface area (Å²) in [5.74, 6) is -0.206. The number of nitrogens with two attached hydrogens (primary N) is 2. The largest absolute Gasteiger partial charge is 0.397 e. The fourth-order valence-electron chi connectivity index (χ4n) is 3.89. The number of piperidine rings is 1. The van der Waals surface area contributed by atoms with Crippen LogP contribution in [0.2, 0.25) is 0 Å². The Balaban J connectivity index is 1.91. The number of nitrogens with zero attached hydrogens (tertiary/aromatic N) is 1. The number of anilines is 2. The lowest BCUT2D eigenvalue weighted by molar-refractivity contribution is -0.0612. The summed E-state index contributed by atoms with van der Waals surface area (Å²) < 4.78 is 0. The van der Waals surface area contributed by atoms with Crippen LogP contribution in [0.5, 0.6) is 0 Å². The molecule has 1 aromatic rings. The Labute approximate surface area is 124 Å². The van der Waals surface area contributed by atoms with E-state index in [1.807, 2.05) is 0 Å². The van der Waals surface area contributed by atoms with E-state index in [-0.39, 0.29) is 5.92 Å². The van der Waals surface area contributed by atoms with Gasteiger partial charge in [0.25, 0.3) is 5.91 Å². The molecule has 1 heterocycles. The van der Waals surface area contributed by atoms with Crippen LogP contribution >= 0.6 is 0 Å². The fraction of sp³-hybridized carbons (Fsp3) is 0.562. The van der Waals surface area contributed by atoms with E-state index < -0.39 is 11.5 Å². The molecule has 1 aliphatic heterocycles. The highest BCUT2D eigenvalue weighted by molar-refractivity contribution is 6.01. The van der Waals surface area contributed by atoms with Gasteiger partial charge in [0, 0.05) is 19.0 Å². The Kier molecular flexibility index (Phi) is 3.53. The average Bonchev–Trinajstić information content (AvgIpc) is 2.46. The van der Waals surface area contributed by atoms with E-state index in [0.29, 0.717) is 17.8 Å². The average molecular weight is 289 g/mol. The van der Waals surface area contributed by atoms with E-state index in [1.54, 1.807) is 18.2 Å². The number of aliphatic hydroxyl groups is 1. The van der Waals surface area contributed by atoms with Crippen molar-refractivity contribution in [2.45, 2.75) is 37.7 Å². The van der Waals surface area contributed by atoms with Crippen LogP contribution in [0.1, 0.15) is 42.5 Å². The van der Waals surface area contributed by atoms with Gasteiger partial charge in [-0.05, 0) is 31.4 Å². The predicted molar refractivity (Wildman–Crippen MR) is 83.1 cm³/mol. The molecular formula is C16H23N3O2. The fourth-order valence-corrected chi connectivity index (χ4v) is 3.89. The quantitative estimate of drug-likeness (QED) is 0.719. The molecule has 5 N–H and O–H groups in total. The van der Waals surface area contributed by atoms with E-state index in [0.717, 1.165) is 44.3 Å². The highest BCUT2D eigenvalue weighted by atomic mass is 16.3. The molecule has 2 unspecified atom stereocenters. The molecule has 0 radical (unpaired) electrons. The summed E-state index contributed by atoms with van der Waals surface area (Å²) >= 11 is 0. The van der Waals surface area contributed by atoms with Crippen molar-refractivity contribution in [3.63, 3.8) is 0 Å². The summed E-state index contributed by atoms with van der Waals surface area (Å²) in [6.45, 7) is 1.45. The Morgan fingerprint density at radius 1 is 1.33 bits per heavy atom. The number of para-hydroxylation sites is 1. The number of nitrogen functional groups attached to an aromatic ring is 1. The van der Waals surface area contributed by atoms with Gasteiger partial charge in [0.15, 0.2) is 0 Å². The van der Waals surface area contributed by atoms with E-state index in [4.69, 9.17) is 11.5 Å². The maximum Gasteiger partial charge on any atom is 0.250 e. The lowest BCUT2D eigenvalue weighted by atomic mass is 9.71. The van der Waals surface area contributed by atoms with Crippen molar-refractivity contribution in [2.24, 2.45) is 11.7 Å². The summed E-state index contributed by atoms with van der Waals surface area (Å²) in [7, 11) is 0. The van der Waals surface area contributed by atoms with Crippen molar-refractivity contribution in [3.8, 4) is 0 Å². The first-order valence-corrected chi connectivity index (χ1v) is 7.67. The zero-order chi connectivity index (χ0) is 15.0. The van der Waals surface area contributed by atoms with Crippen molar-refractivity contribution >= 4 is 17.3 Å². The van der Waals surface area contributed by atoms with E-state index in [1.165, 1.54) is 0 Å². The lowest BCUT2D eigenvalue weighted by Crippen LogP contribution is -2.53. The minimum atomic E-state index is -0.537. The molecule has 0 bridgehead atoms. The summed E-state index contributed by atoms with van der Waals surface area (Å²) in [6.07, 6.45) is 4.91. The second kappa shape index (κ2) is 5.22. The molecule has 1 saturated heterocycles. The minimum Gasteiger partial charge on any atom is -0.397 e. The van der Waals surface area contributed by atoms with Gasteiger partial charge in [-0.1, -0.05) is 18.9 Å². The molecule has 1 amide bonds. The molecule has 114 valence electrons. The number of rotatable bonds is 2. The van der Waals surface area contributed by atoms with Crippen molar-refractivity contribution in [1.29, 1.82) is 0 Å². The molecule has 1 aromatic carbocycles. The van der Waals surface area contributed by atoms with Gasteiger partial charge in [0.05, 0.1) is 22.5 Å². The van der Waals surface area contributed by atoms with Crippen LogP contribution in [-0.2, 0) is 0 Å². The van der Waals surface area contributed by atoms with Crippen molar-refractivity contribution in [2.75, 3.05) is 23.7 Å². The number of carbonyl (C=O) groups excluding carboxylic acids is 1. The van der Waals surface area contributed by atoms with Crippen LogP contribution < -0.4 is 16.4 Å². The molecule has 2 fully saturated rings. The Bertz CT molecular complexity index is 560. The number of primary amides is 1. The number of fused-ring (bicyclic) bond motifs is 1. The topological polar surface area (TPSA) is 92.6 Å². The number of hydrogen-bond donors (Lipinski definition) is 3. The highest BCUT2D eigenvalue weighted by Gasteiger charge is 2.43. The molecule has 3 rings (SSSR count). The highest BCUT2D eigenvalue weighted by Crippen LogP contribution is 2.42. The van der Waals surface area contributed by atoms with Gasteiger partial charge in [-0.15, -0.1) is 0 Å². The van der Waals surface area contributed by atoms with E-state index >= 15 is 0 Å². The molecule has 5 nitrogen and oxygen atoms in total. The van der Waals surface area contributed by atoms with Gasteiger partial charge >= 0.3 is 0 Å². The molecule has 1 saturated carbocycles. The normalized spacial score (nSPS) is 29.0. The maximum absolute atomic E-state index is 11.7. The summed E-state index contributed by atoms with van der Waals surface area (Å²) in [4.78, 5) is 13.8. The Morgan fingerprint density at radius 2 is 2.14 bits per heavy atom. The third kappa shape index (κ3) is 2.46. The standard InChI is InChI=1S/C16H23N3O2/c17-13-6-3-5-12(15(18)20)14(13)19-9-8-16(21)7-2-1-4-11(16)10-19/h3,5-6,11,21H,1-2,4,7-10,17H2,(H2,18,20). The molecule has 0 spiro atoms. The monoisotopic (exact) mass is 289 g/mol. The third-order valence-corrected chi connectivity index (χ3v) is 5.08. The number of amides is 1. The first-order valence-electron chi connectivity index (χ1n) is 7.67. The smallest absolute Gasteiger partial charge is 0.250 e. The summed E-state index contributed by atoms with van der Waals surface area (Å²) in [6, 6.07) is 5.26. The Hall–Kier alpha value is -1.75.